The Bertz CT molecular complexity index is 1030. The first-order valence-electron chi connectivity index (χ1n) is 11.6. The molecule has 3 N–H and O–H groups in total. The zero-order valence-electron chi connectivity index (χ0n) is 22.5. The SMILES string of the molecule is FC(F)OCCOCc1ccccc1.O=C(O)C(F)(F)S(=O)(=O)F.OCCOC(F)F.OCCOCc1ccccc1.[Cu][I]. The van der Waals surface area contributed by atoms with Gasteiger partial charge in [-0.3, -0.25) is 0 Å². The van der Waals surface area contributed by atoms with Crippen molar-refractivity contribution >= 4 is 36.5 Å². The van der Waals surface area contributed by atoms with Gasteiger partial charge in [0.1, 0.15) is 0 Å². The fourth-order valence-electron chi connectivity index (χ4n) is 2.04. The first-order valence-corrected chi connectivity index (χ1v) is 16.0. The number of carboxylic acids is 1. The summed E-state index contributed by atoms with van der Waals surface area (Å²) in [6.45, 7) is -4.51. The molecule has 10 nitrogen and oxygen atoms in total. The molecule has 0 atom stereocenters. The second-order valence-electron chi connectivity index (χ2n) is 7.05. The number of aliphatic hydroxyl groups is 2. The van der Waals surface area contributed by atoms with E-state index in [0.717, 1.165) is 11.1 Å². The second kappa shape index (κ2) is 30.1. The Balaban J connectivity index is -0.000000513. The van der Waals surface area contributed by atoms with Crippen LogP contribution in [0.5, 0.6) is 0 Å². The molecule has 2 aromatic carbocycles. The third kappa shape index (κ3) is 29.1. The van der Waals surface area contributed by atoms with Crippen LogP contribution in [0.25, 0.3) is 0 Å². The molecule has 44 heavy (non-hydrogen) atoms. The van der Waals surface area contributed by atoms with Crippen LogP contribution >= 0.6 is 20.3 Å². The van der Waals surface area contributed by atoms with E-state index in [0.29, 0.717) is 19.8 Å². The van der Waals surface area contributed by atoms with Gasteiger partial charge in [-0.05, 0) is 11.1 Å². The van der Waals surface area contributed by atoms with Crippen molar-refractivity contribution in [3.8, 4) is 0 Å². The van der Waals surface area contributed by atoms with Crippen molar-refractivity contribution in [2.45, 2.75) is 31.7 Å². The third-order valence-corrected chi connectivity index (χ3v) is 4.61. The van der Waals surface area contributed by atoms with Crippen LogP contribution in [0.3, 0.4) is 0 Å². The number of alkyl halides is 6. The summed E-state index contributed by atoms with van der Waals surface area (Å²) in [5, 5.41) is 18.3. The van der Waals surface area contributed by atoms with Crippen molar-refractivity contribution in [2.24, 2.45) is 0 Å². The van der Waals surface area contributed by atoms with Crippen LogP contribution in [0, 0.1) is 0 Å². The van der Waals surface area contributed by atoms with Crippen LogP contribution in [0.2, 0.25) is 0 Å². The molecule has 20 heteroatoms. The minimum atomic E-state index is -6.33. The number of halogens is 8. The summed E-state index contributed by atoms with van der Waals surface area (Å²) in [5.41, 5.74) is 2.16. The van der Waals surface area contributed by atoms with Crippen molar-refractivity contribution in [1.82, 2.24) is 0 Å². The standard InChI is InChI=1S/C10H12F2O2.C9H12O2.C3H6F2O2.C2HF3O4S.Cu.HI/c11-10(12)14-7-6-13-8-9-4-2-1-3-5-9;10-6-7-11-8-9-4-2-1-3-5-9;4-3(5)7-2-1-6;3-2(4,1(6)7)10(5,8)9;;/h1-5,10H,6-8H2;1-5,10H,6-8H2;3,6H,1-2H2;(H,6,7);;1H/q;;;;+1;/p-1. The molecular weight excluding hydrogens is 804 g/mol. The van der Waals surface area contributed by atoms with Gasteiger partial charge in [0.05, 0.1) is 52.9 Å². The Labute approximate surface area is 269 Å². The number of rotatable bonds is 15. The van der Waals surface area contributed by atoms with Gasteiger partial charge in [0.25, 0.3) is 0 Å². The summed E-state index contributed by atoms with van der Waals surface area (Å²) in [6.07, 6.45) is 0. The van der Waals surface area contributed by atoms with Gasteiger partial charge in [-0.25, -0.2) is 4.79 Å². The van der Waals surface area contributed by atoms with E-state index in [1.807, 2.05) is 60.7 Å². The molecule has 0 spiro atoms. The predicted molar refractivity (Wildman–Crippen MR) is 147 cm³/mol. The van der Waals surface area contributed by atoms with Gasteiger partial charge in [-0.15, -0.1) is 0 Å². The first kappa shape index (κ1) is 46.8. The average Bonchev–Trinajstić information content (AvgIpc) is 2.98. The molecule has 0 heterocycles. The van der Waals surface area contributed by atoms with Gasteiger partial charge >= 0.3 is 67.8 Å². The number of carboxylic acid groups (broad SMARTS) is 1. The van der Waals surface area contributed by atoms with Crippen LogP contribution in [0.4, 0.5) is 30.2 Å². The summed E-state index contributed by atoms with van der Waals surface area (Å²) in [7, 11) is -6.33. The first-order chi connectivity index (χ1) is 20.7. The predicted octanol–water partition coefficient (Wildman–Crippen LogP) is 4.70. The molecule has 0 aromatic heterocycles. The molecule has 0 bridgehead atoms. The molecule has 0 fully saturated rings. The zero-order chi connectivity index (χ0) is 34.4. The van der Waals surface area contributed by atoms with Crippen LogP contribution in [-0.4, -0.2) is 87.8 Å². The van der Waals surface area contributed by atoms with Crippen molar-refractivity contribution in [2.75, 3.05) is 39.6 Å². The zero-order valence-corrected chi connectivity index (χ0v) is 26.4. The van der Waals surface area contributed by atoms with Gasteiger partial charge in [0.15, 0.2) is 0 Å². The normalized spacial score (nSPS) is 10.7. The summed E-state index contributed by atoms with van der Waals surface area (Å²) in [4.78, 5) is 9.30. The molecular formula is C24H31CuF7IO10S. The Kier molecular flexibility index (Phi) is 32.0. The van der Waals surface area contributed by atoms with Crippen LogP contribution in [0.15, 0.2) is 60.7 Å². The van der Waals surface area contributed by atoms with Crippen molar-refractivity contribution < 1.29 is 90.5 Å². The second-order valence-corrected chi connectivity index (χ2v) is 8.43. The van der Waals surface area contributed by atoms with Crippen molar-refractivity contribution in [3.05, 3.63) is 71.8 Å². The van der Waals surface area contributed by atoms with E-state index in [9.17, 15) is 43.4 Å². The number of hydrogen-bond donors (Lipinski definition) is 3. The van der Waals surface area contributed by atoms with Gasteiger partial charge in [0, 0.05) is 0 Å². The number of carbonyl (C=O) groups is 1. The van der Waals surface area contributed by atoms with Gasteiger partial charge in [-0.1, -0.05) is 64.5 Å². The molecule has 0 unspecified atom stereocenters. The van der Waals surface area contributed by atoms with Crippen molar-refractivity contribution in [3.63, 3.8) is 0 Å². The Morgan fingerprint density at radius 1 is 0.750 bits per heavy atom. The van der Waals surface area contributed by atoms with Crippen molar-refractivity contribution in [1.29, 1.82) is 0 Å². The number of aliphatic carboxylic acids is 1. The summed E-state index contributed by atoms with van der Waals surface area (Å²) in [5.74, 6) is -3.03. The van der Waals surface area contributed by atoms with Gasteiger partial charge in [0.2, 0.25) is 0 Å². The van der Waals surface area contributed by atoms with Crippen LogP contribution < -0.4 is 0 Å². The Morgan fingerprint density at radius 2 is 1.11 bits per heavy atom. The molecule has 0 radical (unpaired) electrons. The fraction of sp³-hybridized carbons (Fsp3) is 0.458. The summed E-state index contributed by atoms with van der Waals surface area (Å²) < 4.78 is 115. The molecule has 0 aliphatic heterocycles. The third-order valence-electron chi connectivity index (χ3n) is 3.82. The van der Waals surface area contributed by atoms with Crippen LogP contribution in [0.1, 0.15) is 11.1 Å². The van der Waals surface area contributed by atoms with E-state index >= 15 is 0 Å². The summed E-state index contributed by atoms with van der Waals surface area (Å²) in [6, 6.07) is 19.4. The van der Waals surface area contributed by atoms with Gasteiger partial charge < -0.3 is 34.3 Å². The van der Waals surface area contributed by atoms with E-state index in [-0.39, 0.29) is 33.0 Å². The Hall–Kier alpha value is -1.62. The molecule has 0 amide bonds. The number of ether oxygens (including phenoxy) is 4. The van der Waals surface area contributed by atoms with E-state index in [1.165, 1.54) is 0 Å². The van der Waals surface area contributed by atoms with E-state index < -0.39 is 34.7 Å². The fourth-order valence-corrected chi connectivity index (χ4v) is 2.24. The van der Waals surface area contributed by atoms with Crippen LogP contribution in [-0.2, 0) is 59.9 Å². The number of hydrogen-bond acceptors (Lipinski definition) is 9. The van der Waals surface area contributed by atoms with E-state index in [4.69, 9.17) is 24.8 Å². The molecule has 0 saturated carbocycles. The Morgan fingerprint density at radius 3 is 1.39 bits per heavy atom. The molecule has 2 rings (SSSR count). The quantitative estimate of drug-likeness (QED) is 0.0759. The van der Waals surface area contributed by atoms with Gasteiger partial charge in [-0.2, -0.15) is 34.8 Å². The monoisotopic (exact) mass is 834 g/mol. The molecule has 0 aliphatic carbocycles. The molecule has 260 valence electrons. The summed E-state index contributed by atoms with van der Waals surface area (Å²) >= 11 is 5.87. The maximum absolute atomic E-state index is 11.5. The average molecular weight is 835 g/mol. The maximum atomic E-state index is 11.5. The topological polar surface area (TPSA) is 149 Å². The minimum absolute atomic E-state index is 0.0789. The van der Waals surface area contributed by atoms with E-state index in [2.05, 4.69) is 22.2 Å². The molecule has 0 aliphatic rings. The van der Waals surface area contributed by atoms with E-state index in [1.54, 1.807) is 20.3 Å². The number of aliphatic hydroxyl groups excluding tert-OH is 2. The number of benzene rings is 2. The molecule has 0 saturated heterocycles. The molecule has 2 aromatic rings.